The Kier molecular flexibility index (Phi) is 0.716. The molecule has 0 nitrogen and oxygen atoms in total. The predicted molar refractivity (Wildman–Crippen MR) is 23.3 cm³/mol. The lowest BCUT2D eigenvalue weighted by Gasteiger charge is -2.21. The lowest BCUT2D eigenvalue weighted by molar-refractivity contribution is 0.0343. The summed E-state index contributed by atoms with van der Waals surface area (Å²) in [5.74, 6) is -2.47. The van der Waals surface area contributed by atoms with Crippen molar-refractivity contribution in [3.63, 3.8) is 0 Å². The summed E-state index contributed by atoms with van der Waals surface area (Å²) in [5, 5.41) is 0. The maximum absolute atomic E-state index is 11.7. The van der Waals surface area contributed by atoms with Gasteiger partial charge in [-0.25, -0.2) is 8.78 Å². The third-order valence-corrected chi connectivity index (χ3v) is 0.972. The summed E-state index contributed by atoms with van der Waals surface area (Å²) in [5.41, 5.74) is 0.796. The molecule has 0 amide bonds. The average Bonchev–Trinajstić information content (AvgIpc) is 1.27. The Bertz CT molecular complexity index is 113. The molecule has 1 aliphatic carbocycles. The molecule has 0 heterocycles. The van der Waals surface area contributed by atoms with Crippen molar-refractivity contribution in [2.45, 2.75) is 19.3 Å². The van der Waals surface area contributed by atoms with E-state index in [0.29, 0.717) is 0 Å². The predicted octanol–water partition coefficient (Wildman–Crippen LogP) is 1.97. The first-order valence-electron chi connectivity index (χ1n) is 2.16. The van der Waals surface area contributed by atoms with Gasteiger partial charge in [-0.15, -0.1) is 0 Å². The number of alkyl halides is 2. The Labute approximate surface area is 40.8 Å². The largest absolute Gasteiger partial charge is 0.270 e. The van der Waals surface area contributed by atoms with E-state index in [1.165, 1.54) is 0 Å². The molecule has 0 unspecified atom stereocenters. The van der Waals surface area contributed by atoms with Gasteiger partial charge >= 0.3 is 0 Å². The van der Waals surface area contributed by atoms with Gasteiger partial charge < -0.3 is 0 Å². The lowest BCUT2D eigenvalue weighted by Crippen LogP contribution is -2.21. The van der Waals surface area contributed by atoms with E-state index < -0.39 is 5.92 Å². The van der Waals surface area contributed by atoms with Crippen molar-refractivity contribution < 1.29 is 8.78 Å². The minimum absolute atomic E-state index is 0.0347. The molecule has 0 aromatic rings. The quantitative estimate of drug-likeness (QED) is 0.412. The average molecular weight is 104 g/mol. The molecule has 0 fully saturated rings. The van der Waals surface area contributed by atoms with E-state index in [9.17, 15) is 8.78 Å². The fourth-order valence-electron chi connectivity index (χ4n) is 0.703. The van der Waals surface area contributed by atoms with Crippen LogP contribution in [0.25, 0.3) is 0 Å². The maximum Gasteiger partial charge on any atom is 0.270 e. The SMILES string of the molecule is CC1=CC(F)(F)C1. The second kappa shape index (κ2) is 1.05. The zero-order valence-electron chi connectivity index (χ0n) is 4.04. The summed E-state index contributed by atoms with van der Waals surface area (Å²) >= 11 is 0. The van der Waals surface area contributed by atoms with Crippen LogP contribution in [-0.4, -0.2) is 5.92 Å². The van der Waals surface area contributed by atoms with Crippen LogP contribution in [0, 0.1) is 0 Å². The van der Waals surface area contributed by atoms with Crippen LogP contribution in [0.2, 0.25) is 0 Å². The molecule has 0 aromatic carbocycles. The Morgan fingerprint density at radius 2 is 2.14 bits per heavy atom. The molecule has 0 radical (unpaired) electrons. The summed E-state index contributed by atoms with van der Waals surface area (Å²) < 4.78 is 23.4. The highest BCUT2D eigenvalue weighted by Crippen LogP contribution is 2.34. The second-order valence-electron chi connectivity index (χ2n) is 1.93. The summed E-state index contributed by atoms with van der Waals surface area (Å²) in [6.45, 7) is 1.71. The number of hydrogen-bond acceptors (Lipinski definition) is 0. The number of hydrogen-bond donors (Lipinski definition) is 0. The highest BCUT2D eigenvalue weighted by atomic mass is 19.3. The first kappa shape index (κ1) is 4.75. The monoisotopic (exact) mass is 104 g/mol. The van der Waals surface area contributed by atoms with Crippen molar-refractivity contribution in [2.75, 3.05) is 0 Å². The minimum Gasteiger partial charge on any atom is -0.202 e. The van der Waals surface area contributed by atoms with Gasteiger partial charge in [0, 0.05) is 6.42 Å². The van der Waals surface area contributed by atoms with Gasteiger partial charge in [0.05, 0.1) is 0 Å². The molecule has 2 heteroatoms. The van der Waals surface area contributed by atoms with Crippen molar-refractivity contribution in [3.05, 3.63) is 11.6 Å². The van der Waals surface area contributed by atoms with E-state index in [4.69, 9.17) is 0 Å². The van der Waals surface area contributed by atoms with E-state index in [1.807, 2.05) is 0 Å². The van der Waals surface area contributed by atoms with Crippen LogP contribution < -0.4 is 0 Å². The lowest BCUT2D eigenvalue weighted by atomic mass is 9.97. The Balaban J connectivity index is 2.60. The van der Waals surface area contributed by atoms with Crippen molar-refractivity contribution in [1.29, 1.82) is 0 Å². The van der Waals surface area contributed by atoms with Crippen LogP contribution in [0.4, 0.5) is 8.78 Å². The van der Waals surface area contributed by atoms with Crippen LogP contribution >= 0.6 is 0 Å². The van der Waals surface area contributed by atoms with Crippen LogP contribution in [0.1, 0.15) is 13.3 Å². The fourth-order valence-corrected chi connectivity index (χ4v) is 0.703. The topological polar surface area (TPSA) is 0 Å². The third kappa shape index (κ3) is 0.787. The molecular weight excluding hydrogens is 98.1 g/mol. The van der Waals surface area contributed by atoms with Crippen molar-refractivity contribution in [3.8, 4) is 0 Å². The molecule has 0 N–H and O–H groups in total. The summed E-state index contributed by atoms with van der Waals surface area (Å²) in [6, 6.07) is 0. The molecule has 0 saturated heterocycles. The van der Waals surface area contributed by atoms with Crippen molar-refractivity contribution >= 4 is 0 Å². The van der Waals surface area contributed by atoms with Crippen LogP contribution in [0.5, 0.6) is 0 Å². The van der Waals surface area contributed by atoms with E-state index in [1.54, 1.807) is 6.92 Å². The van der Waals surface area contributed by atoms with E-state index in [-0.39, 0.29) is 6.42 Å². The molecular formula is C5H6F2. The van der Waals surface area contributed by atoms with E-state index in [2.05, 4.69) is 0 Å². The smallest absolute Gasteiger partial charge is 0.202 e. The van der Waals surface area contributed by atoms with Crippen LogP contribution in [0.15, 0.2) is 11.6 Å². The number of allylic oxidation sites excluding steroid dienone is 2. The molecule has 0 aliphatic heterocycles. The van der Waals surface area contributed by atoms with Gasteiger partial charge in [-0.1, -0.05) is 5.57 Å². The van der Waals surface area contributed by atoms with E-state index >= 15 is 0 Å². The molecule has 1 rings (SSSR count). The summed E-state index contributed by atoms with van der Waals surface area (Å²) in [7, 11) is 0. The Morgan fingerprint density at radius 1 is 1.71 bits per heavy atom. The van der Waals surface area contributed by atoms with Crippen LogP contribution in [-0.2, 0) is 0 Å². The van der Waals surface area contributed by atoms with Gasteiger partial charge in [0.1, 0.15) is 0 Å². The van der Waals surface area contributed by atoms with Crippen LogP contribution in [0.3, 0.4) is 0 Å². The maximum atomic E-state index is 11.7. The van der Waals surface area contributed by atoms with E-state index in [0.717, 1.165) is 11.6 Å². The normalized spacial score (nSPS) is 25.9. The molecule has 0 saturated carbocycles. The molecule has 40 valence electrons. The fraction of sp³-hybridized carbons (Fsp3) is 0.600. The zero-order chi connectivity index (χ0) is 5.49. The first-order chi connectivity index (χ1) is 3.10. The van der Waals surface area contributed by atoms with Gasteiger partial charge in [0.2, 0.25) is 0 Å². The number of rotatable bonds is 0. The van der Waals surface area contributed by atoms with Gasteiger partial charge in [-0.05, 0) is 13.0 Å². The highest BCUT2D eigenvalue weighted by Gasteiger charge is 2.33. The zero-order valence-corrected chi connectivity index (χ0v) is 4.04. The standard InChI is InChI=1S/C5H6F2/c1-4-2-5(6,7)3-4/h2H,3H2,1H3. The Hall–Kier alpha value is -0.400. The first-order valence-corrected chi connectivity index (χ1v) is 2.16. The third-order valence-electron chi connectivity index (χ3n) is 0.972. The minimum atomic E-state index is -2.47. The molecule has 0 spiro atoms. The molecule has 0 aromatic heterocycles. The second-order valence-corrected chi connectivity index (χ2v) is 1.93. The molecule has 0 bridgehead atoms. The Morgan fingerprint density at radius 3 is 2.14 bits per heavy atom. The van der Waals surface area contributed by atoms with Crippen molar-refractivity contribution in [2.24, 2.45) is 0 Å². The molecule has 1 aliphatic rings. The highest BCUT2D eigenvalue weighted by molar-refractivity contribution is 5.19. The number of halogens is 2. The van der Waals surface area contributed by atoms with Gasteiger partial charge in [0.15, 0.2) is 0 Å². The summed E-state index contributed by atoms with van der Waals surface area (Å²) in [6.07, 6.45) is 0.958. The van der Waals surface area contributed by atoms with Gasteiger partial charge in [-0.2, -0.15) is 0 Å². The molecule has 7 heavy (non-hydrogen) atoms. The summed E-state index contributed by atoms with van der Waals surface area (Å²) in [4.78, 5) is 0. The van der Waals surface area contributed by atoms with Crippen molar-refractivity contribution in [1.82, 2.24) is 0 Å². The van der Waals surface area contributed by atoms with Gasteiger partial charge in [0.25, 0.3) is 5.92 Å². The molecule has 0 atom stereocenters. The van der Waals surface area contributed by atoms with Gasteiger partial charge in [-0.3, -0.25) is 0 Å².